The first kappa shape index (κ1) is 39.0. The molecular weight excluding hydrogens is 534 g/mol. The number of carbonyl (C=O) groups excluding carboxylic acids is 1. The van der Waals surface area contributed by atoms with Crippen LogP contribution in [0.3, 0.4) is 0 Å². The maximum absolute atomic E-state index is 12.4. The van der Waals surface area contributed by atoms with Gasteiger partial charge in [0.2, 0.25) is 5.91 Å². The van der Waals surface area contributed by atoms with Crippen LogP contribution in [0.4, 0.5) is 0 Å². The van der Waals surface area contributed by atoms with E-state index in [-0.39, 0.29) is 12.3 Å². The Kier molecular flexibility index (Phi) is 26.8. The van der Waals surface area contributed by atoms with Gasteiger partial charge in [0, 0.05) is 6.42 Å². The molecule has 3 N–H and O–H groups in total. The molecule has 0 aromatic rings. The zero-order valence-electron chi connectivity index (χ0n) is 25.9. The number of hydrogen-bond acceptors (Lipinski definition) is 4. The van der Waals surface area contributed by atoms with Crippen LogP contribution in [-0.2, 0) is 14.9 Å². The second kappa shape index (κ2) is 28.2. The van der Waals surface area contributed by atoms with Gasteiger partial charge in [-0.3, -0.25) is 9.35 Å². The number of amides is 1. The normalized spacial score (nSPS) is 14.3. The van der Waals surface area contributed by atoms with Crippen molar-refractivity contribution in [1.29, 1.82) is 0 Å². The number of rotatable bonds is 27. The number of nitrogens with one attached hydrogen (secondary N) is 1. The van der Waals surface area contributed by atoms with Gasteiger partial charge in [-0.2, -0.15) is 8.42 Å². The van der Waals surface area contributed by atoms with Crippen molar-refractivity contribution < 1.29 is 22.9 Å². The Balaban J connectivity index is 4.01. The molecule has 0 spiro atoms. The molecule has 0 bridgehead atoms. The second-order valence-corrected chi connectivity index (χ2v) is 12.2. The smallest absolute Gasteiger partial charge is 0.267 e. The van der Waals surface area contributed by atoms with E-state index >= 15 is 0 Å². The third-order valence-electron chi connectivity index (χ3n) is 6.65. The largest absolute Gasteiger partial charge is 0.387 e. The van der Waals surface area contributed by atoms with Crippen LogP contribution in [0.25, 0.3) is 0 Å². The van der Waals surface area contributed by atoms with Gasteiger partial charge in [0.05, 0.1) is 17.9 Å². The maximum atomic E-state index is 12.4. The predicted octanol–water partition coefficient (Wildman–Crippen LogP) is 8.56. The minimum absolute atomic E-state index is 0.269. The average Bonchev–Trinajstić information content (AvgIpc) is 2.92. The number of unbranched alkanes of at least 4 members (excludes halogenated alkanes) is 11. The maximum Gasteiger partial charge on any atom is 0.267 e. The van der Waals surface area contributed by atoms with E-state index in [0.717, 1.165) is 57.8 Å². The van der Waals surface area contributed by atoms with E-state index in [9.17, 15) is 22.9 Å². The molecule has 0 saturated carbocycles. The summed E-state index contributed by atoms with van der Waals surface area (Å²) in [6.45, 7) is 4.34. The summed E-state index contributed by atoms with van der Waals surface area (Å²) in [5.41, 5.74) is 0. The van der Waals surface area contributed by atoms with E-state index in [1.54, 1.807) is 6.08 Å². The number of carbonyl (C=O) groups is 1. The topological polar surface area (TPSA) is 104 Å². The van der Waals surface area contributed by atoms with Gasteiger partial charge in [-0.05, 0) is 64.2 Å². The number of aliphatic hydroxyl groups is 1. The van der Waals surface area contributed by atoms with Crippen LogP contribution >= 0.6 is 0 Å². The fourth-order valence-corrected chi connectivity index (χ4v) is 4.98. The summed E-state index contributed by atoms with van der Waals surface area (Å²) >= 11 is 0. The molecule has 0 aliphatic carbocycles. The molecule has 0 fully saturated rings. The van der Waals surface area contributed by atoms with Gasteiger partial charge < -0.3 is 10.4 Å². The molecule has 41 heavy (non-hydrogen) atoms. The van der Waals surface area contributed by atoms with Gasteiger partial charge in [0.15, 0.2) is 0 Å². The number of hydrogen-bond donors (Lipinski definition) is 3. The van der Waals surface area contributed by atoms with Crippen molar-refractivity contribution in [1.82, 2.24) is 5.32 Å². The van der Waals surface area contributed by atoms with Crippen LogP contribution in [0.5, 0.6) is 0 Å². The fourth-order valence-electron chi connectivity index (χ4n) is 4.24. The Morgan fingerprint density at radius 3 is 1.78 bits per heavy atom. The highest BCUT2D eigenvalue weighted by Gasteiger charge is 2.24. The first-order valence-corrected chi connectivity index (χ1v) is 17.6. The predicted molar refractivity (Wildman–Crippen MR) is 175 cm³/mol. The standard InChI is InChI=1S/C34H59NO5S/c1-3-5-7-9-11-12-13-14-15-16-17-18-19-20-21-22-24-26-28-30-34(37)35-32(31-41(38,39)40)33(36)29-27-25-23-10-8-6-4-2/h8,10-12,14-15,17-18,27,29,32-33,36H,3-7,9,13,16,19-26,28,30-31H2,1-2H3,(H,35,37)(H,38,39,40)/b10-8+,12-11-,15-14-,18-17-,29-27+. The monoisotopic (exact) mass is 593 g/mol. The second-order valence-electron chi connectivity index (χ2n) is 10.7. The molecule has 0 heterocycles. The van der Waals surface area contributed by atoms with E-state index in [0.29, 0.717) is 12.8 Å². The van der Waals surface area contributed by atoms with Crippen LogP contribution in [0.15, 0.2) is 60.8 Å². The third kappa shape index (κ3) is 29.3. The van der Waals surface area contributed by atoms with Gasteiger partial charge in [0.25, 0.3) is 10.1 Å². The Labute approximate surface area is 251 Å². The summed E-state index contributed by atoms with van der Waals surface area (Å²) in [4.78, 5) is 12.4. The highest BCUT2D eigenvalue weighted by atomic mass is 32.2. The number of aliphatic hydroxyl groups excluding tert-OH is 1. The molecule has 0 rings (SSSR count). The Morgan fingerprint density at radius 2 is 1.17 bits per heavy atom. The minimum Gasteiger partial charge on any atom is -0.387 e. The Bertz CT molecular complexity index is 874. The lowest BCUT2D eigenvalue weighted by Gasteiger charge is -2.21. The molecule has 2 unspecified atom stereocenters. The van der Waals surface area contributed by atoms with Gasteiger partial charge >= 0.3 is 0 Å². The van der Waals surface area contributed by atoms with E-state index in [1.807, 2.05) is 0 Å². The molecule has 0 aliphatic heterocycles. The molecule has 236 valence electrons. The van der Waals surface area contributed by atoms with Crippen molar-refractivity contribution in [3.05, 3.63) is 60.8 Å². The van der Waals surface area contributed by atoms with Crippen molar-refractivity contribution >= 4 is 16.0 Å². The highest BCUT2D eigenvalue weighted by molar-refractivity contribution is 7.85. The van der Waals surface area contributed by atoms with Crippen molar-refractivity contribution in [3.63, 3.8) is 0 Å². The summed E-state index contributed by atoms with van der Waals surface area (Å²) in [7, 11) is -4.34. The van der Waals surface area contributed by atoms with E-state index in [1.165, 1.54) is 44.6 Å². The van der Waals surface area contributed by atoms with E-state index in [2.05, 4.69) is 67.8 Å². The lowest BCUT2D eigenvalue weighted by Crippen LogP contribution is -2.46. The van der Waals surface area contributed by atoms with Gasteiger partial charge in [-0.1, -0.05) is 120 Å². The van der Waals surface area contributed by atoms with Crippen LogP contribution in [0.2, 0.25) is 0 Å². The molecular formula is C34H59NO5S. The van der Waals surface area contributed by atoms with Gasteiger partial charge in [-0.25, -0.2) is 0 Å². The third-order valence-corrected chi connectivity index (χ3v) is 7.43. The van der Waals surface area contributed by atoms with Crippen molar-refractivity contribution in [2.24, 2.45) is 0 Å². The summed E-state index contributed by atoms with van der Waals surface area (Å²) in [6, 6.07) is -1.08. The molecule has 6 nitrogen and oxygen atoms in total. The summed E-state index contributed by atoms with van der Waals surface area (Å²) in [5.74, 6) is -1.03. The van der Waals surface area contributed by atoms with Gasteiger partial charge in [-0.15, -0.1) is 0 Å². The van der Waals surface area contributed by atoms with Crippen LogP contribution < -0.4 is 5.32 Å². The Hall–Kier alpha value is -1.96. The zero-order chi connectivity index (χ0) is 30.4. The highest BCUT2D eigenvalue weighted by Crippen LogP contribution is 2.10. The molecule has 0 saturated heterocycles. The molecule has 7 heteroatoms. The summed E-state index contributed by atoms with van der Waals surface area (Å²) in [6.07, 6.45) is 38.0. The summed E-state index contributed by atoms with van der Waals surface area (Å²) in [5, 5.41) is 13.0. The molecule has 0 aromatic carbocycles. The van der Waals surface area contributed by atoms with Crippen LogP contribution in [0.1, 0.15) is 129 Å². The quantitative estimate of drug-likeness (QED) is 0.0503. The van der Waals surface area contributed by atoms with Gasteiger partial charge in [0.1, 0.15) is 0 Å². The van der Waals surface area contributed by atoms with E-state index in [4.69, 9.17) is 0 Å². The van der Waals surface area contributed by atoms with E-state index < -0.39 is 28.0 Å². The SMILES string of the molecule is CCC/C=C/CC/C=C/C(O)C(CS(=O)(=O)O)NC(=O)CCCCCCCC/C=C\C/C=C\C/C=C\CCCCC. The van der Waals surface area contributed by atoms with Crippen molar-refractivity contribution in [3.8, 4) is 0 Å². The number of allylic oxidation sites excluding steroid dienone is 9. The molecule has 2 atom stereocenters. The lowest BCUT2D eigenvalue weighted by atomic mass is 10.1. The van der Waals surface area contributed by atoms with Crippen LogP contribution in [-0.4, -0.2) is 41.9 Å². The fraction of sp³-hybridized carbons (Fsp3) is 0.676. The average molecular weight is 594 g/mol. The van der Waals surface area contributed by atoms with Crippen molar-refractivity contribution in [2.75, 3.05) is 5.75 Å². The minimum atomic E-state index is -4.34. The molecule has 0 aliphatic rings. The zero-order valence-corrected chi connectivity index (χ0v) is 26.7. The Morgan fingerprint density at radius 1 is 0.659 bits per heavy atom. The van der Waals surface area contributed by atoms with Crippen molar-refractivity contribution in [2.45, 2.75) is 142 Å². The lowest BCUT2D eigenvalue weighted by molar-refractivity contribution is -0.122. The molecule has 1 amide bonds. The van der Waals surface area contributed by atoms with Crippen LogP contribution in [0, 0.1) is 0 Å². The molecule has 0 aromatic heterocycles. The molecule has 0 radical (unpaired) electrons. The summed E-state index contributed by atoms with van der Waals surface area (Å²) < 4.78 is 32.0. The first-order chi connectivity index (χ1) is 19.8. The first-order valence-electron chi connectivity index (χ1n) is 16.0.